The van der Waals surface area contributed by atoms with Crippen molar-refractivity contribution in [3.63, 3.8) is 0 Å². The van der Waals surface area contributed by atoms with Crippen LogP contribution < -0.4 is 5.32 Å². The summed E-state index contributed by atoms with van der Waals surface area (Å²) in [7, 11) is 0. The second-order valence-corrected chi connectivity index (χ2v) is 3.92. The van der Waals surface area contributed by atoms with E-state index in [1.165, 1.54) is 6.92 Å². The van der Waals surface area contributed by atoms with Crippen LogP contribution >= 0.6 is 0 Å². The van der Waals surface area contributed by atoms with E-state index in [-0.39, 0.29) is 5.69 Å². The first-order valence-corrected chi connectivity index (χ1v) is 5.34. The third-order valence-corrected chi connectivity index (χ3v) is 2.45. The average Bonchev–Trinajstić information content (AvgIpc) is 2.34. The maximum absolute atomic E-state index is 10.9. The lowest BCUT2D eigenvalue weighted by molar-refractivity contribution is -0.393. The molecular formula is C10H11N3O7. The summed E-state index contributed by atoms with van der Waals surface area (Å²) in [4.78, 5) is 30.6. The fraction of sp³-hybridized carbons (Fsp3) is 0.300. The van der Waals surface area contributed by atoms with Crippen molar-refractivity contribution in [2.45, 2.75) is 19.1 Å². The molecule has 0 fully saturated rings. The van der Waals surface area contributed by atoms with E-state index in [0.717, 1.165) is 12.1 Å². The van der Waals surface area contributed by atoms with E-state index >= 15 is 0 Å². The summed E-state index contributed by atoms with van der Waals surface area (Å²) in [6, 6.07) is 1.25. The molecule has 0 amide bonds. The number of aliphatic carboxylic acids is 1. The topological polar surface area (TPSA) is 156 Å². The van der Waals surface area contributed by atoms with E-state index in [1.54, 1.807) is 0 Å². The van der Waals surface area contributed by atoms with Gasteiger partial charge in [0.25, 0.3) is 11.4 Å². The van der Waals surface area contributed by atoms with Gasteiger partial charge < -0.3 is 15.5 Å². The summed E-state index contributed by atoms with van der Waals surface area (Å²) < 4.78 is 0. The van der Waals surface area contributed by atoms with Gasteiger partial charge in [0, 0.05) is 6.07 Å². The zero-order valence-corrected chi connectivity index (χ0v) is 10.2. The summed E-state index contributed by atoms with van der Waals surface area (Å²) in [6.45, 7) is 1.20. The fourth-order valence-electron chi connectivity index (χ4n) is 1.46. The summed E-state index contributed by atoms with van der Waals surface area (Å²) in [5.74, 6) is -1.41. The first-order chi connectivity index (χ1) is 9.23. The van der Waals surface area contributed by atoms with Crippen LogP contribution in [0.25, 0.3) is 0 Å². The van der Waals surface area contributed by atoms with E-state index in [1.807, 2.05) is 0 Å². The number of non-ortho nitro benzene ring substituents is 1. The lowest BCUT2D eigenvalue weighted by Gasteiger charge is -2.17. The van der Waals surface area contributed by atoms with Gasteiger partial charge in [0.1, 0.15) is 5.69 Å². The quantitative estimate of drug-likeness (QED) is 0.510. The van der Waals surface area contributed by atoms with Crippen molar-refractivity contribution in [3.8, 4) is 0 Å². The Balaban J connectivity index is 3.20. The minimum Gasteiger partial charge on any atom is -0.480 e. The number of hydrogen-bond acceptors (Lipinski definition) is 7. The Morgan fingerprint density at radius 2 is 1.90 bits per heavy atom. The predicted octanol–water partition coefficient (Wildman–Crippen LogP) is 0.749. The molecule has 3 N–H and O–H groups in total. The van der Waals surface area contributed by atoms with Gasteiger partial charge in [-0.1, -0.05) is 0 Å². The Hall–Kier alpha value is -2.75. The van der Waals surface area contributed by atoms with Crippen molar-refractivity contribution in [3.05, 3.63) is 38.4 Å². The van der Waals surface area contributed by atoms with E-state index < -0.39 is 39.3 Å². The molecule has 2 unspecified atom stereocenters. The third kappa shape index (κ3) is 3.38. The van der Waals surface area contributed by atoms with Crippen LogP contribution in [0.2, 0.25) is 0 Å². The molecule has 0 radical (unpaired) electrons. The molecule has 1 rings (SSSR count). The maximum atomic E-state index is 10.9. The van der Waals surface area contributed by atoms with Crippen molar-refractivity contribution in [2.75, 3.05) is 5.32 Å². The van der Waals surface area contributed by atoms with E-state index in [9.17, 15) is 30.1 Å². The maximum Gasteiger partial charge on any atom is 0.328 e. The highest BCUT2D eigenvalue weighted by Gasteiger charge is 2.27. The van der Waals surface area contributed by atoms with Crippen LogP contribution in [0.4, 0.5) is 17.1 Å². The molecule has 0 saturated heterocycles. The lowest BCUT2D eigenvalue weighted by atomic mass is 10.1. The molecule has 0 spiro atoms. The van der Waals surface area contributed by atoms with Gasteiger partial charge in [-0.25, -0.2) is 4.79 Å². The van der Waals surface area contributed by atoms with Crippen LogP contribution in [0.15, 0.2) is 18.2 Å². The molecule has 10 heteroatoms. The number of nitrogens with zero attached hydrogens (tertiary/aromatic N) is 2. The average molecular weight is 285 g/mol. The van der Waals surface area contributed by atoms with E-state index in [4.69, 9.17) is 5.11 Å². The Kier molecular flexibility index (Phi) is 4.54. The first kappa shape index (κ1) is 15.3. The van der Waals surface area contributed by atoms with Crippen LogP contribution in [-0.4, -0.2) is 38.2 Å². The fourth-order valence-corrected chi connectivity index (χ4v) is 1.46. The van der Waals surface area contributed by atoms with Gasteiger partial charge >= 0.3 is 5.97 Å². The van der Waals surface area contributed by atoms with Crippen LogP contribution in [0, 0.1) is 20.2 Å². The molecule has 0 aliphatic rings. The van der Waals surface area contributed by atoms with Crippen LogP contribution in [-0.2, 0) is 4.79 Å². The molecule has 108 valence electrons. The smallest absolute Gasteiger partial charge is 0.328 e. The highest BCUT2D eigenvalue weighted by Crippen LogP contribution is 2.29. The van der Waals surface area contributed by atoms with Gasteiger partial charge in [0.15, 0.2) is 6.04 Å². The normalized spacial score (nSPS) is 13.3. The minimum atomic E-state index is -1.48. The number of nitrogens with one attached hydrogen (secondary N) is 1. The van der Waals surface area contributed by atoms with Crippen LogP contribution in [0.1, 0.15) is 6.92 Å². The molecule has 1 aromatic rings. The summed E-state index contributed by atoms with van der Waals surface area (Å²) >= 11 is 0. The number of nitro benzene ring substituents is 2. The van der Waals surface area contributed by atoms with Gasteiger partial charge in [-0.2, -0.15) is 0 Å². The van der Waals surface area contributed by atoms with Crippen molar-refractivity contribution in [1.82, 2.24) is 0 Å². The highest BCUT2D eigenvalue weighted by molar-refractivity contribution is 5.80. The predicted molar refractivity (Wildman–Crippen MR) is 66.5 cm³/mol. The number of aliphatic hydroxyl groups is 1. The highest BCUT2D eigenvalue weighted by atomic mass is 16.6. The molecule has 0 aliphatic heterocycles. The monoisotopic (exact) mass is 285 g/mol. The molecule has 0 saturated carbocycles. The zero-order valence-electron chi connectivity index (χ0n) is 10.2. The summed E-state index contributed by atoms with van der Waals surface area (Å²) in [5, 5.41) is 41.9. The van der Waals surface area contributed by atoms with E-state index in [2.05, 4.69) is 5.32 Å². The summed E-state index contributed by atoms with van der Waals surface area (Å²) in [6.07, 6.45) is -1.32. The number of nitro groups is 2. The number of aliphatic hydroxyl groups excluding tert-OH is 1. The number of hydrogen-bond donors (Lipinski definition) is 3. The first-order valence-electron chi connectivity index (χ1n) is 5.34. The molecule has 20 heavy (non-hydrogen) atoms. The Labute approximate surface area is 111 Å². The Morgan fingerprint density at radius 3 is 2.30 bits per heavy atom. The standard InChI is InChI=1S/C10H11N3O7/c1-5(14)9(10(15)16)11-7-3-2-6(12(17)18)4-8(7)13(19)20/h2-5,9,11,14H,1H3,(H,15,16). The molecule has 0 bridgehead atoms. The number of carboxylic acids is 1. The second kappa shape index (κ2) is 5.93. The van der Waals surface area contributed by atoms with Gasteiger partial charge in [0.2, 0.25) is 0 Å². The molecule has 2 atom stereocenters. The van der Waals surface area contributed by atoms with Crippen molar-refractivity contribution >= 4 is 23.0 Å². The number of rotatable bonds is 6. The van der Waals surface area contributed by atoms with Gasteiger partial charge in [-0.3, -0.25) is 20.2 Å². The molecule has 0 aromatic heterocycles. The number of anilines is 1. The van der Waals surface area contributed by atoms with Gasteiger partial charge in [0.05, 0.1) is 22.0 Å². The third-order valence-electron chi connectivity index (χ3n) is 2.45. The molecule has 1 aromatic carbocycles. The van der Waals surface area contributed by atoms with Gasteiger partial charge in [-0.15, -0.1) is 0 Å². The van der Waals surface area contributed by atoms with Crippen LogP contribution in [0.5, 0.6) is 0 Å². The molecule has 0 heterocycles. The van der Waals surface area contributed by atoms with Crippen molar-refractivity contribution in [2.24, 2.45) is 0 Å². The minimum absolute atomic E-state index is 0.228. The largest absolute Gasteiger partial charge is 0.480 e. The Morgan fingerprint density at radius 1 is 1.30 bits per heavy atom. The van der Waals surface area contributed by atoms with Gasteiger partial charge in [-0.05, 0) is 13.0 Å². The SMILES string of the molecule is CC(O)C(Nc1ccc([N+](=O)[O-])cc1[N+](=O)[O-])C(=O)O. The zero-order chi connectivity index (χ0) is 15.4. The Bertz CT molecular complexity index is 558. The molecule has 0 aliphatic carbocycles. The van der Waals surface area contributed by atoms with E-state index in [0.29, 0.717) is 6.07 Å². The summed E-state index contributed by atoms with van der Waals surface area (Å²) in [5.41, 5.74) is -1.37. The van der Waals surface area contributed by atoms with Crippen molar-refractivity contribution < 1.29 is 24.9 Å². The molecular weight excluding hydrogens is 274 g/mol. The number of benzene rings is 1. The number of carbonyl (C=O) groups is 1. The van der Waals surface area contributed by atoms with Crippen LogP contribution in [0.3, 0.4) is 0 Å². The second-order valence-electron chi connectivity index (χ2n) is 3.92. The lowest BCUT2D eigenvalue weighted by Crippen LogP contribution is -2.39. The van der Waals surface area contributed by atoms with Crippen molar-refractivity contribution in [1.29, 1.82) is 0 Å². The molecule has 10 nitrogen and oxygen atoms in total. The number of carboxylic acid groups (broad SMARTS) is 1.